The number of amides is 1. The third-order valence-electron chi connectivity index (χ3n) is 3.83. The summed E-state index contributed by atoms with van der Waals surface area (Å²) in [5.74, 6) is 2.81. The molecular formula is C15H20N4O2. The number of carbonyl (C=O) groups is 1. The number of hydrogen-bond acceptors (Lipinski definition) is 4. The number of aromatic nitrogens is 3. The smallest absolute Gasteiger partial charge is 0.287 e. The maximum Gasteiger partial charge on any atom is 0.287 e. The number of aryl methyl sites for hydroxylation is 2. The number of hydrogen-bond donors (Lipinski definition) is 1. The zero-order valence-electron chi connectivity index (χ0n) is 12.3. The van der Waals surface area contributed by atoms with Crippen LogP contribution in [-0.4, -0.2) is 20.7 Å². The number of rotatable bonds is 4. The van der Waals surface area contributed by atoms with E-state index in [4.69, 9.17) is 4.42 Å². The molecule has 0 spiro atoms. The molecule has 21 heavy (non-hydrogen) atoms. The van der Waals surface area contributed by atoms with Gasteiger partial charge in [0.1, 0.15) is 11.6 Å². The fourth-order valence-electron chi connectivity index (χ4n) is 2.61. The molecule has 0 saturated carbocycles. The molecule has 112 valence electrons. The van der Waals surface area contributed by atoms with E-state index in [-0.39, 0.29) is 5.91 Å². The fraction of sp³-hybridized carbons (Fsp3) is 0.533. The molecule has 0 aliphatic carbocycles. The summed E-state index contributed by atoms with van der Waals surface area (Å²) in [5.41, 5.74) is 0. The van der Waals surface area contributed by atoms with Gasteiger partial charge in [-0.25, -0.2) is 0 Å². The average Bonchev–Trinajstić information content (AvgIpc) is 3.06. The number of nitrogens with zero attached hydrogens (tertiary/aromatic N) is 3. The van der Waals surface area contributed by atoms with Gasteiger partial charge in [0.05, 0.1) is 6.54 Å². The largest absolute Gasteiger partial charge is 0.456 e. The van der Waals surface area contributed by atoms with Crippen molar-refractivity contribution in [3.05, 3.63) is 35.3 Å². The van der Waals surface area contributed by atoms with Crippen LogP contribution < -0.4 is 5.32 Å². The SMILES string of the molecule is CCc1ccc(C(=O)NCc2nnc3n2CCCCC3)o1. The highest BCUT2D eigenvalue weighted by atomic mass is 16.3. The number of carbonyl (C=O) groups excluding carboxylic acids is 1. The van der Waals surface area contributed by atoms with E-state index >= 15 is 0 Å². The molecule has 2 aromatic rings. The van der Waals surface area contributed by atoms with E-state index in [9.17, 15) is 4.79 Å². The van der Waals surface area contributed by atoms with Crippen LogP contribution in [0.2, 0.25) is 0 Å². The maximum absolute atomic E-state index is 12.0. The minimum atomic E-state index is -0.208. The number of furan rings is 1. The fourth-order valence-corrected chi connectivity index (χ4v) is 2.61. The van der Waals surface area contributed by atoms with Crippen LogP contribution >= 0.6 is 0 Å². The van der Waals surface area contributed by atoms with Gasteiger partial charge in [0.15, 0.2) is 11.6 Å². The summed E-state index contributed by atoms with van der Waals surface area (Å²) >= 11 is 0. The van der Waals surface area contributed by atoms with Crippen LogP contribution in [0, 0.1) is 0 Å². The predicted molar refractivity (Wildman–Crippen MR) is 76.8 cm³/mol. The van der Waals surface area contributed by atoms with Crippen molar-refractivity contribution < 1.29 is 9.21 Å². The van der Waals surface area contributed by atoms with E-state index in [1.807, 2.05) is 13.0 Å². The van der Waals surface area contributed by atoms with Crippen LogP contribution in [0.15, 0.2) is 16.5 Å². The molecule has 1 aliphatic rings. The Balaban J connectivity index is 1.65. The van der Waals surface area contributed by atoms with E-state index in [1.54, 1.807) is 6.07 Å². The summed E-state index contributed by atoms with van der Waals surface area (Å²) in [5, 5.41) is 11.3. The second-order valence-corrected chi connectivity index (χ2v) is 5.30. The number of fused-ring (bicyclic) bond motifs is 1. The summed E-state index contributed by atoms with van der Waals surface area (Å²) in [6, 6.07) is 3.54. The van der Waals surface area contributed by atoms with E-state index < -0.39 is 0 Å². The van der Waals surface area contributed by atoms with Gasteiger partial charge in [0, 0.05) is 19.4 Å². The van der Waals surface area contributed by atoms with E-state index in [1.165, 1.54) is 6.42 Å². The molecule has 0 saturated heterocycles. The lowest BCUT2D eigenvalue weighted by Crippen LogP contribution is -2.24. The molecule has 6 heteroatoms. The number of nitrogens with one attached hydrogen (secondary N) is 1. The molecule has 0 aromatic carbocycles. The van der Waals surface area contributed by atoms with Gasteiger partial charge in [-0.05, 0) is 25.0 Å². The Morgan fingerprint density at radius 2 is 2.24 bits per heavy atom. The molecule has 0 bridgehead atoms. The van der Waals surface area contributed by atoms with E-state index in [0.29, 0.717) is 12.3 Å². The second kappa shape index (κ2) is 6.11. The average molecular weight is 288 g/mol. The monoisotopic (exact) mass is 288 g/mol. The predicted octanol–water partition coefficient (Wildman–Crippen LogP) is 2.09. The van der Waals surface area contributed by atoms with Crippen molar-refractivity contribution in [2.75, 3.05) is 0 Å². The van der Waals surface area contributed by atoms with Crippen molar-refractivity contribution in [1.82, 2.24) is 20.1 Å². The van der Waals surface area contributed by atoms with Gasteiger partial charge in [-0.3, -0.25) is 4.79 Å². The first kappa shape index (κ1) is 13.9. The minimum Gasteiger partial charge on any atom is -0.456 e. The minimum absolute atomic E-state index is 0.208. The Morgan fingerprint density at radius 1 is 1.33 bits per heavy atom. The zero-order chi connectivity index (χ0) is 14.7. The molecule has 6 nitrogen and oxygen atoms in total. The van der Waals surface area contributed by atoms with Crippen molar-refractivity contribution in [3.8, 4) is 0 Å². The summed E-state index contributed by atoms with van der Waals surface area (Å²) in [6.07, 6.45) is 5.28. The van der Waals surface area contributed by atoms with Crippen LogP contribution in [-0.2, 0) is 25.9 Å². The summed E-state index contributed by atoms with van der Waals surface area (Å²) < 4.78 is 7.57. The Labute approximate surface area is 123 Å². The van der Waals surface area contributed by atoms with Crippen LogP contribution in [0.5, 0.6) is 0 Å². The van der Waals surface area contributed by atoms with Crippen molar-refractivity contribution in [1.29, 1.82) is 0 Å². The second-order valence-electron chi connectivity index (χ2n) is 5.30. The van der Waals surface area contributed by atoms with Crippen LogP contribution in [0.25, 0.3) is 0 Å². The van der Waals surface area contributed by atoms with Gasteiger partial charge in [-0.15, -0.1) is 10.2 Å². The third-order valence-corrected chi connectivity index (χ3v) is 3.83. The first-order valence-electron chi connectivity index (χ1n) is 7.56. The van der Waals surface area contributed by atoms with Crippen molar-refractivity contribution in [2.24, 2.45) is 0 Å². The highest BCUT2D eigenvalue weighted by molar-refractivity contribution is 5.91. The van der Waals surface area contributed by atoms with Gasteiger partial charge >= 0.3 is 0 Å². The lowest BCUT2D eigenvalue weighted by molar-refractivity contribution is 0.0920. The first-order chi connectivity index (χ1) is 10.3. The first-order valence-corrected chi connectivity index (χ1v) is 7.56. The summed E-state index contributed by atoms with van der Waals surface area (Å²) in [7, 11) is 0. The lowest BCUT2D eigenvalue weighted by atomic mass is 10.2. The van der Waals surface area contributed by atoms with Gasteiger partial charge in [-0.2, -0.15) is 0 Å². The van der Waals surface area contributed by atoms with Crippen LogP contribution in [0.1, 0.15) is 54.2 Å². The molecule has 1 amide bonds. The standard InChI is InChI=1S/C15H20N4O2/c1-2-11-7-8-12(21-11)15(20)16-10-14-18-17-13-6-4-3-5-9-19(13)14/h7-8H,2-6,9-10H2,1H3,(H,16,20). The van der Waals surface area contributed by atoms with Gasteiger partial charge in [-0.1, -0.05) is 13.3 Å². The molecule has 2 aromatic heterocycles. The zero-order valence-corrected chi connectivity index (χ0v) is 12.3. The Kier molecular flexibility index (Phi) is 4.03. The Hall–Kier alpha value is -2.11. The molecular weight excluding hydrogens is 268 g/mol. The highest BCUT2D eigenvalue weighted by Crippen LogP contribution is 2.14. The van der Waals surface area contributed by atoms with Crippen LogP contribution in [0.4, 0.5) is 0 Å². The molecule has 1 N–H and O–H groups in total. The highest BCUT2D eigenvalue weighted by Gasteiger charge is 2.16. The maximum atomic E-state index is 12.0. The van der Waals surface area contributed by atoms with Crippen LogP contribution in [0.3, 0.4) is 0 Å². The molecule has 1 aliphatic heterocycles. The summed E-state index contributed by atoms with van der Waals surface area (Å²) in [4.78, 5) is 12.0. The van der Waals surface area contributed by atoms with Crippen molar-refractivity contribution >= 4 is 5.91 Å². The molecule has 0 fully saturated rings. The topological polar surface area (TPSA) is 73.0 Å². The van der Waals surface area contributed by atoms with E-state index in [0.717, 1.165) is 49.6 Å². The van der Waals surface area contributed by atoms with Crippen molar-refractivity contribution in [2.45, 2.75) is 52.1 Å². The summed E-state index contributed by atoms with van der Waals surface area (Å²) in [6.45, 7) is 3.31. The Bertz CT molecular complexity index is 629. The van der Waals surface area contributed by atoms with Gasteiger partial charge in [0.2, 0.25) is 0 Å². The normalized spacial score (nSPS) is 14.5. The molecule has 0 radical (unpaired) electrons. The Morgan fingerprint density at radius 3 is 3.05 bits per heavy atom. The van der Waals surface area contributed by atoms with Gasteiger partial charge < -0.3 is 14.3 Å². The van der Waals surface area contributed by atoms with Gasteiger partial charge in [0.25, 0.3) is 5.91 Å². The quantitative estimate of drug-likeness (QED) is 0.935. The van der Waals surface area contributed by atoms with Crippen molar-refractivity contribution in [3.63, 3.8) is 0 Å². The molecule has 0 atom stereocenters. The third kappa shape index (κ3) is 2.99. The molecule has 0 unspecified atom stereocenters. The molecule has 3 rings (SSSR count). The lowest BCUT2D eigenvalue weighted by Gasteiger charge is -2.07. The molecule has 3 heterocycles. The van der Waals surface area contributed by atoms with E-state index in [2.05, 4.69) is 20.1 Å².